The fourth-order valence-electron chi connectivity index (χ4n) is 2.92. The van der Waals surface area contributed by atoms with Crippen molar-refractivity contribution in [1.82, 2.24) is 4.90 Å². The Hall–Kier alpha value is -1.52. The van der Waals surface area contributed by atoms with E-state index in [4.69, 9.17) is 9.47 Å². The standard InChI is InChI=1S/C13H19NO4/c1-3-18-11(15)13-7-5-4-6-10(13)8-14(9-13)12(16)17-2/h4-5,10H,3,6-9H2,1-2H3. The molecule has 100 valence electrons. The summed E-state index contributed by atoms with van der Waals surface area (Å²) in [5, 5.41) is 0. The first-order chi connectivity index (χ1) is 8.64. The van der Waals surface area contributed by atoms with Crippen LogP contribution in [0.5, 0.6) is 0 Å². The Bertz CT molecular complexity index is 379. The van der Waals surface area contributed by atoms with Crippen LogP contribution >= 0.6 is 0 Å². The van der Waals surface area contributed by atoms with Gasteiger partial charge in [0, 0.05) is 13.1 Å². The summed E-state index contributed by atoms with van der Waals surface area (Å²) in [6.07, 6.45) is 5.17. The molecule has 18 heavy (non-hydrogen) atoms. The van der Waals surface area contributed by atoms with Crippen molar-refractivity contribution in [2.75, 3.05) is 26.8 Å². The van der Waals surface area contributed by atoms with Crippen LogP contribution in [0.2, 0.25) is 0 Å². The Balaban J connectivity index is 2.21. The van der Waals surface area contributed by atoms with E-state index in [-0.39, 0.29) is 18.0 Å². The first-order valence-electron chi connectivity index (χ1n) is 6.29. The Morgan fingerprint density at radius 3 is 2.89 bits per heavy atom. The van der Waals surface area contributed by atoms with Gasteiger partial charge in [0.15, 0.2) is 0 Å². The molecule has 1 aliphatic carbocycles. The van der Waals surface area contributed by atoms with Crippen molar-refractivity contribution < 1.29 is 19.1 Å². The maximum atomic E-state index is 12.2. The SMILES string of the molecule is CCOC(=O)C12CC=CCC1CN(C(=O)OC)C2. The van der Waals surface area contributed by atoms with Gasteiger partial charge in [0.2, 0.25) is 0 Å². The van der Waals surface area contributed by atoms with Crippen LogP contribution in [0.1, 0.15) is 19.8 Å². The molecule has 1 fully saturated rings. The summed E-state index contributed by atoms with van der Waals surface area (Å²) >= 11 is 0. The molecule has 2 unspecified atom stereocenters. The van der Waals surface area contributed by atoms with E-state index in [0.29, 0.717) is 26.1 Å². The predicted molar refractivity (Wildman–Crippen MR) is 64.9 cm³/mol. The number of allylic oxidation sites excluding steroid dienone is 2. The second-order valence-electron chi connectivity index (χ2n) is 4.84. The maximum absolute atomic E-state index is 12.2. The third-order valence-corrected chi connectivity index (χ3v) is 3.88. The van der Waals surface area contributed by atoms with Gasteiger partial charge in [0.25, 0.3) is 0 Å². The number of fused-ring (bicyclic) bond motifs is 1. The van der Waals surface area contributed by atoms with Gasteiger partial charge in [-0.1, -0.05) is 12.2 Å². The minimum Gasteiger partial charge on any atom is -0.465 e. The van der Waals surface area contributed by atoms with Gasteiger partial charge in [-0.3, -0.25) is 4.79 Å². The predicted octanol–water partition coefficient (Wildman–Crippen LogP) is 1.58. The number of hydrogen-bond acceptors (Lipinski definition) is 4. The molecule has 0 aromatic rings. The Labute approximate surface area is 107 Å². The van der Waals surface area contributed by atoms with Crippen LogP contribution in [0.15, 0.2) is 12.2 Å². The molecule has 0 N–H and O–H groups in total. The second-order valence-corrected chi connectivity index (χ2v) is 4.84. The van der Waals surface area contributed by atoms with Gasteiger partial charge in [-0.15, -0.1) is 0 Å². The number of carbonyl (C=O) groups excluding carboxylic acids is 2. The van der Waals surface area contributed by atoms with Gasteiger partial charge in [-0.2, -0.15) is 0 Å². The first-order valence-corrected chi connectivity index (χ1v) is 6.29. The molecule has 0 aromatic heterocycles. The van der Waals surface area contributed by atoms with Crippen molar-refractivity contribution in [3.8, 4) is 0 Å². The van der Waals surface area contributed by atoms with Crippen LogP contribution in [-0.2, 0) is 14.3 Å². The average molecular weight is 253 g/mol. The van der Waals surface area contributed by atoms with Crippen molar-refractivity contribution in [1.29, 1.82) is 0 Å². The number of carbonyl (C=O) groups is 2. The van der Waals surface area contributed by atoms with Crippen molar-refractivity contribution in [2.45, 2.75) is 19.8 Å². The van der Waals surface area contributed by atoms with Crippen LogP contribution in [0.4, 0.5) is 4.79 Å². The van der Waals surface area contributed by atoms with Crippen molar-refractivity contribution >= 4 is 12.1 Å². The Morgan fingerprint density at radius 2 is 2.22 bits per heavy atom. The van der Waals surface area contributed by atoms with Crippen LogP contribution < -0.4 is 0 Å². The maximum Gasteiger partial charge on any atom is 0.409 e. The number of amides is 1. The average Bonchev–Trinajstić information content (AvgIpc) is 2.78. The molecule has 1 amide bonds. The molecule has 0 radical (unpaired) electrons. The fraction of sp³-hybridized carbons (Fsp3) is 0.692. The van der Waals surface area contributed by atoms with E-state index in [9.17, 15) is 9.59 Å². The molecule has 2 atom stereocenters. The Kier molecular flexibility index (Phi) is 3.59. The lowest BCUT2D eigenvalue weighted by Gasteiger charge is -2.32. The first kappa shape index (κ1) is 12.9. The van der Waals surface area contributed by atoms with E-state index in [1.54, 1.807) is 11.8 Å². The van der Waals surface area contributed by atoms with Gasteiger partial charge in [-0.25, -0.2) is 4.79 Å². The van der Waals surface area contributed by atoms with E-state index in [2.05, 4.69) is 6.08 Å². The third-order valence-electron chi connectivity index (χ3n) is 3.88. The zero-order chi connectivity index (χ0) is 13.2. The zero-order valence-corrected chi connectivity index (χ0v) is 10.8. The number of ether oxygens (including phenoxy) is 2. The van der Waals surface area contributed by atoms with E-state index < -0.39 is 5.41 Å². The second kappa shape index (κ2) is 5.00. The summed E-state index contributed by atoms with van der Waals surface area (Å²) in [6.45, 7) is 3.13. The number of esters is 1. The number of methoxy groups -OCH3 is 1. The molecule has 5 nitrogen and oxygen atoms in total. The number of rotatable bonds is 2. The van der Waals surface area contributed by atoms with E-state index in [0.717, 1.165) is 6.42 Å². The van der Waals surface area contributed by atoms with Gasteiger partial charge >= 0.3 is 12.1 Å². The highest BCUT2D eigenvalue weighted by Gasteiger charge is 2.54. The molecule has 5 heteroatoms. The molecule has 2 rings (SSSR count). The topological polar surface area (TPSA) is 55.8 Å². The van der Waals surface area contributed by atoms with Gasteiger partial charge < -0.3 is 14.4 Å². The highest BCUT2D eigenvalue weighted by molar-refractivity contribution is 5.80. The molecule has 1 saturated heterocycles. The monoisotopic (exact) mass is 253 g/mol. The smallest absolute Gasteiger partial charge is 0.409 e. The summed E-state index contributed by atoms with van der Waals surface area (Å²) in [5.41, 5.74) is -0.570. The quantitative estimate of drug-likeness (QED) is 0.554. The summed E-state index contributed by atoms with van der Waals surface area (Å²) in [5.74, 6) is -0.0496. The van der Waals surface area contributed by atoms with Crippen molar-refractivity contribution in [2.24, 2.45) is 11.3 Å². The van der Waals surface area contributed by atoms with E-state index >= 15 is 0 Å². The zero-order valence-electron chi connectivity index (χ0n) is 10.8. The highest BCUT2D eigenvalue weighted by Crippen LogP contribution is 2.45. The molecule has 2 aliphatic rings. The summed E-state index contributed by atoms with van der Waals surface area (Å²) in [4.78, 5) is 25.4. The molecule has 0 spiro atoms. The van der Waals surface area contributed by atoms with Crippen molar-refractivity contribution in [3.05, 3.63) is 12.2 Å². The van der Waals surface area contributed by atoms with Crippen LogP contribution in [0.3, 0.4) is 0 Å². The molecule has 0 aromatic carbocycles. The van der Waals surface area contributed by atoms with Crippen LogP contribution in [0, 0.1) is 11.3 Å². The van der Waals surface area contributed by atoms with Crippen molar-refractivity contribution in [3.63, 3.8) is 0 Å². The summed E-state index contributed by atoms with van der Waals surface area (Å²) in [6, 6.07) is 0. The normalized spacial score (nSPS) is 29.9. The minimum atomic E-state index is -0.570. The largest absolute Gasteiger partial charge is 0.465 e. The number of nitrogens with zero attached hydrogens (tertiary/aromatic N) is 1. The molecular formula is C13H19NO4. The number of hydrogen-bond donors (Lipinski definition) is 0. The van der Waals surface area contributed by atoms with Crippen LogP contribution in [-0.4, -0.2) is 43.8 Å². The lowest BCUT2D eigenvalue weighted by atomic mass is 9.71. The van der Waals surface area contributed by atoms with Gasteiger partial charge in [0.1, 0.15) is 0 Å². The van der Waals surface area contributed by atoms with Crippen LogP contribution in [0.25, 0.3) is 0 Å². The highest BCUT2D eigenvalue weighted by atomic mass is 16.5. The summed E-state index contributed by atoms with van der Waals surface area (Å²) in [7, 11) is 1.36. The molecule has 1 aliphatic heterocycles. The fourth-order valence-corrected chi connectivity index (χ4v) is 2.92. The van der Waals surface area contributed by atoms with E-state index in [1.807, 2.05) is 6.08 Å². The lowest BCUT2D eigenvalue weighted by Crippen LogP contribution is -2.41. The third kappa shape index (κ3) is 1.98. The number of likely N-dealkylation sites (tertiary alicyclic amines) is 1. The van der Waals surface area contributed by atoms with E-state index in [1.165, 1.54) is 7.11 Å². The Morgan fingerprint density at radius 1 is 1.44 bits per heavy atom. The molecular weight excluding hydrogens is 234 g/mol. The summed E-state index contributed by atoms with van der Waals surface area (Å²) < 4.78 is 9.94. The minimum absolute atomic E-state index is 0.139. The molecule has 0 bridgehead atoms. The lowest BCUT2D eigenvalue weighted by molar-refractivity contribution is -0.157. The van der Waals surface area contributed by atoms with Gasteiger partial charge in [-0.05, 0) is 25.7 Å². The van der Waals surface area contributed by atoms with Gasteiger partial charge in [0.05, 0.1) is 19.1 Å². The molecule has 0 saturated carbocycles. The molecule has 1 heterocycles.